The summed E-state index contributed by atoms with van der Waals surface area (Å²) in [5.74, 6) is 6.12. The highest BCUT2D eigenvalue weighted by Gasteiger charge is 2.55. The van der Waals surface area contributed by atoms with Crippen LogP contribution >= 0.6 is 0 Å². The van der Waals surface area contributed by atoms with Crippen LogP contribution in [0.1, 0.15) is 37.3 Å². The average molecular weight is 486 g/mol. The lowest BCUT2D eigenvalue weighted by molar-refractivity contribution is -0.140. The van der Waals surface area contributed by atoms with Crippen molar-refractivity contribution in [3.63, 3.8) is 0 Å². The summed E-state index contributed by atoms with van der Waals surface area (Å²) in [5.41, 5.74) is 1.19. The molecule has 0 spiro atoms. The van der Waals surface area contributed by atoms with Crippen LogP contribution in [0, 0.1) is 17.8 Å². The summed E-state index contributed by atoms with van der Waals surface area (Å²) in [4.78, 5) is 42.8. The number of carbonyl (C=O) groups excluding carboxylic acids is 3. The highest BCUT2D eigenvalue weighted by atomic mass is 16.5. The van der Waals surface area contributed by atoms with Crippen LogP contribution in [0.15, 0.2) is 54.6 Å². The van der Waals surface area contributed by atoms with Gasteiger partial charge in [-0.1, -0.05) is 54.5 Å². The number of amides is 4. The van der Waals surface area contributed by atoms with Crippen molar-refractivity contribution in [3.8, 4) is 17.6 Å². The molecule has 36 heavy (non-hydrogen) atoms. The Morgan fingerprint density at radius 1 is 1.08 bits per heavy atom. The van der Waals surface area contributed by atoms with Gasteiger partial charge in [-0.3, -0.25) is 14.5 Å². The lowest BCUT2D eigenvalue weighted by Gasteiger charge is -2.41. The van der Waals surface area contributed by atoms with Gasteiger partial charge in [0.15, 0.2) is 6.10 Å². The molecule has 0 aromatic heterocycles. The van der Waals surface area contributed by atoms with E-state index in [1.165, 1.54) is 4.90 Å². The normalized spacial score (nSPS) is 23.5. The van der Waals surface area contributed by atoms with Crippen LogP contribution in [-0.2, 0) is 22.4 Å². The van der Waals surface area contributed by atoms with Gasteiger partial charge in [-0.2, -0.15) is 0 Å². The summed E-state index contributed by atoms with van der Waals surface area (Å²) < 4.78 is 5.92. The van der Waals surface area contributed by atoms with E-state index in [1.807, 2.05) is 59.5 Å². The number of benzene rings is 2. The second kappa shape index (κ2) is 10.1. The Morgan fingerprint density at radius 3 is 2.53 bits per heavy atom. The van der Waals surface area contributed by atoms with E-state index in [2.05, 4.69) is 17.2 Å². The van der Waals surface area contributed by atoms with E-state index in [1.54, 1.807) is 6.92 Å². The first-order valence-corrected chi connectivity index (χ1v) is 12.6. The molecule has 2 aromatic rings. The maximum absolute atomic E-state index is 13.7. The Morgan fingerprint density at radius 2 is 1.81 bits per heavy atom. The first-order chi connectivity index (χ1) is 17.5. The summed E-state index contributed by atoms with van der Waals surface area (Å²) >= 11 is 0. The monoisotopic (exact) mass is 485 g/mol. The number of ether oxygens (including phenoxy) is 1. The summed E-state index contributed by atoms with van der Waals surface area (Å²) in [6, 6.07) is 17.4. The third-order valence-electron chi connectivity index (χ3n) is 7.69. The van der Waals surface area contributed by atoms with Gasteiger partial charge >= 0.3 is 6.03 Å². The molecule has 186 valence electrons. The minimum absolute atomic E-state index is 0.00961. The van der Waals surface area contributed by atoms with Crippen molar-refractivity contribution >= 4 is 17.8 Å². The van der Waals surface area contributed by atoms with Gasteiger partial charge in [0, 0.05) is 19.5 Å². The number of fused-ring (bicyclic) bond motifs is 1. The fourth-order valence-electron chi connectivity index (χ4n) is 5.70. The van der Waals surface area contributed by atoms with Gasteiger partial charge in [0.05, 0.1) is 6.54 Å². The molecular formula is C29H31N3O4. The van der Waals surface area contributed by atoms with Crippen LogP contribution in [-0.4, -0.2) is 58.9 Å². The molecule has 2 aromatic carbocycles. The number of hydrogen-bond acceptors (Lipinski definition) is 4. The zero-order chi connectivity index (χ0) is 25.1. The number of para-hydroxylation sites is 1. The van der Waals surface area contributed by atoms with Gasteiger partial charge in [-0.25, -0.2) is 4.79 Å². The van der Waals surface area contributed by atoms with Crippen LogP contribution in [0.3, 0.4) is 0 Å². The Bertz CT molecular complexity index is 1180. The number of rotatable bonds is 6. The molecule has 0 saturated carbocycles. The van der Waals surface area contributed by atoms with Crippen LogP contribution in [0.2, 0.25) is 0 Å². The molecule has 1 N–H and O–H groups in total. The van der Waals surface area contributed by atoms with E-state index in [-0.39, 0.29) is 30.3 Å². The van der Waals surface area contributed by atoms with E-state index < -0.39 is 11.6 Å². The maximum Gasteiger partial charge on any atom is 0.325 e. The third kappa shape index (κ3) is 4.44. The molecule has 3 heterocycles. The van der Waals surface area contributed by atoms with Crippen molar-refractivity contribution < 1.29 is 19.1 Å². The number of imide groups is 1. The van der Waals surface area contributed by atoms with E-state index in [0.717, 1.165) is 16.9 Å². The van der Waals surface area contributed by atoms with Crippen LogP contribution in [0.5, 0.6) is 5.75 Å². The summed E-state index contributed by atoms with van der Waals surface area (Å²) in [5, 5.41) is 3.07. The number of carbonyl (C=O) groups is 3. The first-order valence-electron chi connectivity index (χ1n) is 12.6. The van der Waals surface area contributed by atoms with E-state index in [0.29, 0.717) is 45.2 Å². The smallest absolute Gasteiger partial charge is 0.325 e. The second-order valence-corrected chi connectivity index (χ2v) is 9.72. The quantitative estimate of drug-likeness (QED) is 0.504. The fraction of sp³-hybridized carbons (Fsp3) is 0.414. The average Bonchev–Trinajstić information content (AvgIpc) is 3.45. The van der Waals surface area contributed by atoms with Crippen LogP contribution < -0.4 is 10.1 Å². The van der Waals surface area contributed by atoms with Crippen LogP contribution in [0.25, 0.3) is 0 Å². The van der Waals surface area contributed by atoms with Gasteiger partial charge in [0.2, 0.25) is 0 Å². The van der Waals surface area contributed by atoms with Gasteiger partial charge in [-0.05, 0) is 55.7 Å². The molecule has 2 atom stereocenters. The van der Waals surface area contributed by atoms with Crippen molar-refractivity contribution in [2.24, 2.45) is 5.92 Å². The number of piperidine rings is 1. The Kier molecular flexibility index (Phi) is 6.69. The minimum Gasteiger partial charge on any atom is -0.480 e. The highest BCUT2D eigenvalue weighted by molar-refractivity contribution is 6.07. The third-order valence-corrected chi connectivity index (χ3v) is 7.69. The van der Waals surface area contributed by atoms with Gasteiger partial charge in [0.25, 0.3) is 11.8 Å². The molecular weight excluding hydrogens is 454 g/mol. The molecule has 0 aliphatic carbocycles. The predicted molar refractivity (Wildman–Crippen MR) is 135 cm³/mol. The largest absolute Gasteiger partial charge is 0.480 e. The van der Waals surface area contributed by atoms with Crippen molar-refractivity contribution in [3.05, 3.63) is 65.7 Å². The van der Waals surface area contributed by atoms with Crippen molar-refractivity contribution in [1.29, 1.82) is 0 Å². The highest BCUT2D eigenvalue weighted by Crippen LogP contribution is 2.38. The lowest BCUT2D eigenvalue weighted by Crippen LogP contribution is -2.57. The molecule has 2 unspecified atom stereocenters. The number of nitrogens with zero attached hydrogens (tertiary/aromatic N) is 2. The van der Waals surface area contributed by atoms with E-state index in [4.69, 9.17) is 4.74 Å². The van der Waals surface area contributed by atoms with Crippen LogP contribution in [0.4, 0.5) is 4.79 Å². The molecule has 7 heteroatoms. The zero-order valence-corrected chi connectivity index (χ0v) is 20.5. The molecule has 0 radical (unpaired) electrons. The van der Waals surface area contributed by atoms with Crippen molar-refractivity contribution in [2.75, 3.05) is 19.6 Å². The summed E-state index contributed by atoms with van der Waals surface area (Å²) in [6.45, 7) is 2.85. The molecule has 4 amide bonds. The Balaban J connectivity index is 1.29. The molecule has 5 rings (SSSR count). The second-order valence-electron chi connectivity index (χ2n) is 9.72. The lowest BCUT2D eigenvalue weighted by atomic mass is 9.74. The standard InChI is InChI=1S/C29H31N3O4/c1-2-3-17-32-27(34)29(30-28(32)35,16-13-21-9-5-4-6-10-21)23-14-18-31(19-15-23)26(33)25-20-22-11-7-8-12-24(22)36-25/h4-12,23,25H,13-20H2,1H3,(H,30,35). The number of urea groups is 1. The summed E-state index contributed by atoms with van der Waals surface area (Å²) in [7, 11) is 0. The minimum atomic E-state index is -0.989. The molecule has 2 fully saturated rings. The molecule has 0 bridgehead atoms. The maximum atomic E-state index is 13.7. The number of nitrogens with one attached hydrogen (secondary N) is 1. The van der Waals surface area contributed by atoms with Crippen molar-refractivity contribution in [2.45, 2.75) is 50.7 Å². The zero-order valence-electron chi connectivity index (χ0n) is 20.5. The van der Waals surface area contributed by atoms with Gasteiger partial charge in [0.1, 0.15) is 11.3 Å². The predicted octanol–water partition coefficient (Wildman–Crippen LogP) is 3.18. The Labute approximate surface area is 211 Å². The molecule has 3 aliphatic heterocycles. The summed E-state index contributed by atoms with van der Waals surface area (Å²) in [6.07, 6.45) is 2.55. The molecule has 2 saturated heterocycles. The van der Waals surface area contributed by atoms with Gasteiger partial charge < -0.3 is 15.0 Å². The van der Waals surface area contributed by atoms with E-state index >= 15 is 0 Å². The SMILES string of the molecule is CC#CCN1C(=O)NC(CCc2ccccc2)(C2CCN(C(=O)C3Cc4ccccc4O3)CC2)C1=O. The molecule has 7 nitrogen and oxygen atoms in total. The van der Waals surface area contributed by atoms with Gasteiger partial charge in [-0.15, -0.1) is 5.92 Å². The fourth-order valence-corrected chi connectivity index (χ4v) is 5.70. The van der Waals surface area contributed by atoms with E-state index in [9.17, 15) is 14.4 Å². The molecule has 3 aliphatic rings. The van der Waals surface area contributed by atoms with Crippen molar-refractivity contribution in [1.82, 2.24) is 15.1 Å². The number of likely N-dealkylation sites (tertiary alicyclic amines) is 1. The topological polar surface area (TPSA) is 79.0 Å². The Hall–Kier alpha value is -3.79. The first kappa shape index (κ1) is 23.9. The number of hydrogen-bond donors (Lipinski definition) is 1. The number of aryl methyl sites for hydroxylation is 1.